The van der Waals surface area contributed by atoms with Crippen molar-refractivity contribution >= 4 is 26.2 Å². The van der Waals surface area contributed by atoms with Gasteiger partial charge in [-0.1, -0.05) is 0 Å². The summed E-state index contributed by atoms with van der Waals surface area (Å²) in [7, 11) is 0. The third-order valence-electron chi connectivity index (χ3n) is 1.31. The first-order valence-corrected chi connectivity index (χ1v) is 4.70. The van der Waals surface area contributed by atoms with E-state index in [1.165, 1.54) is 12.8 Å². The van der Waals surface area contributed by atoms with Crippen LogP contribution in [0.1, 0.15) is 12.8 Å². The van der Waals surface area contributed by atoms with Crippen molar-refractivity contribution in [3.05, 3.63) is 0 Å². The maximum absolute atomic E-state index is 5.30. The van der Waals surface area contributed by atoms with Crippen LogP contribution in [0.5, 0.6) is 0 Å². The first-order chi connectivity index (χ1) is 3.93. The predicted octanol–water partition coefficient (Wildman–Crippen LogP) is 0.265. The van der Waals surface area contributed by atoms with Gasteiger partial charge in [0.25, 0.3) is 0 Å². The predicted molar refractivity (Wildman–Crippen MR) is 30.7 cm³/mol. The van der Waals surface area contributed by atoms with Crippen molar-refractivity contribution in [3.8, 4) is 0 Å². The Bertz CT molecular complexity index is 61.4. The molecule has 0 aromatic heterocycles. The summed E-state index contributed by atoms with van der Waals surface area (Å²) < 4.78 is 10.4. The number of hydrogen-bond donors (Lipinski definition) is 0. The molecule has 0 spiro atoms. The normalized spacial score (nSPS) is 28.6. The molecule has 0 amide bonds. The molecule has 1 rings (SSSR count). The molecule has 0 aromatic rings. The standard InChI is InChI=1S/C5H9O2.Tl/c6-4-5-2-1-3-7-5;/h5H,1-4H2;/q-1;+1/t5-;/m1./s1. The van der Waals surface area contributed by atoms with Gasteiger partial charge in [-0.2, -0.15) is 0 Å². The van der Waals surface area contributed by atoms with Crippen LogP contribution in [0.15, 0.2) is 0 Å². The second-order valence-electron chi connectivity index (χ2n) is 1.97. The van der Waals surface area contributed by atoms with Crippen LogP contribution in [-0.4, -0.2) is 45.5 Å². The molecule has 1 aliphatic heterocycles. The van der Waals surface area contributed by atoms with E-state index in [9.17, 15) is 0 Å². The fourth-order valence-electron chi connectivity index (χ4n) is 0.883. The topological polar surface area (TPSA) is 18.5 Å². The van der Waals surface area contributed by atoms with E-state index >= 15 is 0 Å². The summed E-state index contributed by atoms with van der Waals surface area (Å²) in [5.41, 5.74) is 0. The molecule has 0 N–H and O–H groups in total. The molecule has 0 saturated carbocycles. The number of hydrogen-bond acceptors (Lipinski definition) is 2. The summed E-state index contributed by atoms with van der Waals surface area (Å²) in [5.74, 6) is 0. The van der Waals surface area contributed by atoms with E-state index in [2.05, 4.69) is 0 Å². The van der Waals surface area contributed by atoms with Crippen LogP contribution in [0.2, 0.25) is 0 Å². The Morgan fingerprint density at radius 3 is 3.12 bits per heavy atom. The summed E-state index contributed by atoms with van der Waals surface area (Å²) in [4.78, 5) is 0. The molecule has 1 fully saturated rings. The van der Waals surface area contributed by atoms with E-state index in [-0.39, 0.29) is 0 Å². The molecule has 1 atom stereocenters. The van der Waals surface area contributed by atoms with Gasteiger partial charge in [0.15, 0.2) is 0 Å². The fraction of sp³-hybridized carbons (Fsp3) is 1.00. The summed E-state index contributed by atoms with van der Waals surface area (Å²) >= 11 is 0.671. The quantitative estimate of drug-likeness (QED) is 0.682. The Labute approximate surface area is 65.9 Å². The third kappa shape index (κ3) is 1.99. The Morgan fingerprint density at radius 1 is 1.75 bits per heavy atom. The van der Waals surface area contributed by atoms with Gasteiger partial charge < -0.3 is 0 Å². The van der Waals surface area contributed by atoms with E-state index in [0.717, 1.165) is 13.2 Å². The molecule has 1 aliphatic rings. The van der Waals surface area contributed by atoms with Crippen LogP contribution in [0.4, 0.5) is 0 Å². The molecule has 0 aliphatic carbocycles. The number of ether oxygens (including phenoxy) is 1. The zero-order valence-electron chi connectivity index (χ0n) is 4.80. The minimum atomic E-state index is 0.431. The SMILES string of the molecule is [Tl][O]C[C@H]1CCCO1. The zero-order valence-corrected chi connectivity index (χ0v) is 9.29. The van der Waals surface area contributed by atoms with E-state index < -0.39 is 0 Å². The Morgan fingerprint density at radius 2 is 2.62 bits per heavy atom. The van der Waals surface area contributed by atoms with Gasteiger partial charge in [-0.25, -0.2) is 0 Å². The van der Waals surface area contributed by atoms with Crippen LogP contribution in [0, 0.1) is 0 Å². The van der Waals surface area contributed by atoms with E-state index in [1.807, 2.05) is 0 Å². The summed E-state index contributed by atoms with van der Waals surface area (Å²) in [6, 6.07) is 0. The van der Waals surface area contributed by atoms with Crippen molar-refractivity contribution in [3.63, 3.8) is 0 Å². The van der Waals surface area contributed by atoms with Gasteiger partial charge in [0.05, 0.1) is 0 Å². The van der Waals surface area contributed by atoms with Crippen molar-refractivity contribution in [1.82, 2.24) is 0 Å². The van der Waals surface area contributed by atoms with Gasteiger partial charge in [-0.15, -0.1) is 0 Å². The molecule has 1 heterocycles. The summed E-state index contributed by atoms with van der Waals surface area (Å²) in [6.45, 7) is 1.78. The summed E-state index contributed by atoms with van der Waals surface area (Å²) in [6.07, 6.45) is 2.85. The number of rotatable bonds is 2. The molecule has 2 nitrogen and oxygen atoms in total. The van der Waals surface area contributed by atoms with E-state index in [4.69, 9.17) is 7.42 Å². The van der Waals surface area contributed by atoms with Crippen molar-refractivity contribution in [1.29, 1.82) is 0 Å². The van der Waals surface area contributed by atoms with Crippen molar-refractivity contribution in [2.45, 2.75) is 18.9 Å². The van der Waals surface area contributed by atoms with Gasteiger partial charge in [-0.3, -0.25) is 0 Å². The molecule has 0 aromatic carbocycles. The molecular weight excluding hydrogens is 296 g/mol. The Balaban J connectivity index is 2.06. The van der Waals surface area contributed by atoms with Gasteiger partial charge in [-0.05, 0) is 0 Å². The first-order valence-electron chi connectivity index (χ1n) is 2.87. The summed E-state index contributed by atoms with van der Waals surface area (Å²) in [5, 5.41) is 0. The fourth-order valence-corrected chi connectivity index (χ4v) is 1.72. The minimum absolute atomic E-state index is 0.431. The third-order valence-corrected chi connectivity index (χ3v) is 2.05. The zero-order chi connectivity index (χ0) is 5.82. The first kappa shape index (κ1) is 6.96. The van der Waals surface area contributed by atoms with E-state index in [0.29, 0.717) is 32.3 Å². The van der Waals surface area contributed by atoms with Crippen molar-refractivity contribution in [2.24, 2.45) is 0 Å². The van der Waals surface area contributed by atoms with Gasteiger partial charge in [0, 0.05) is 0 Å². The Hall–Kier alpha value is 0.842. The molecule has 44 valence electrons. The second-order valence-corrected chi connectivity index (χ2v) is 3.26. The van der Waals surface area contributed by atoms with Crippen LogP contribution >= 0.6 is 0 Å². The van der Waals surface area contributed by atoms with Crippen molar-refractivity contribution < 1.29 is 7.42 Å². The average Bonchev–Trinajstić information content (AvgIpc) is 2.19. The molecule has 3 heteroatoms. The van der Waals surface area contributed by atoms with Gasteiger partial charge >= 0.3 is 65.8 Å². The maximum atomic E-state index is 5.30. The average molecular weight is 306 g/mol. The molecule has 0 unspecified atom stereocenters. The Kier molecular flexibility index (Phi) is 3.29. The van der Waals surface area contributed by atoms with Crippen LogP contribution in [0.25, 0.3) is 0 Å². The van der Waals surface area contributed by atoms with E-state index in [1.54, 1.807) is 0 Å². The second kappa shape index (κ2) is 3.79. The molecule has 0 bridgehead atoms. The molecule has 1 saturated heterocycles. The van der Waals surface area contributed by atoms with Crippen LogP contribution < -0.4 is 0 Å². The molecular formula is C5H9O2Tl. The molecule has 8 heavy (non-hydrogen) atoms. The van der Waals surface area contributed by atoms with Gasteiger partial charge in [0.1, 0.15) is 0 Å². The van der Waals surface area contributed by atoms with Gasteiger partial charge in [0.2, 0.25) is 0 Å². The monoisotopic (exact) mass is 306 g/mol. The molecule has 0 radical (unpaired) electrons. The van der Waals surface area contributed by atoms with Crippen LogP contribution in [0.3, 0.4) is 0 Å². The van der Waals surface area contributed by atoms with Crippen molar-refractivity contribution in [2.75, 3.05) is 13.2 Å². The van der Waals surface area contributed by atoms with Crippen LogP contribution in [-0.2, 0) is 7.42 Å².